The molecule has 0 spiro atoms. The van der Waals surface area contributed by atoms with Crippen molar-refractivity contribution in [1.82, 2.24) is 10.4 Å². The number of rotatable bonds is 4. The van der Waals surface area contributed by atoms with E-state index in [1.165, 1.54) is 19.3 Å². The first-order chi connectivity index (χ1) is 6.65. The van der Waals surface area contributed by atoms with E-state index in [4.69, 9.17) is 4.74 Å². The summed E-state index contributed by atoms with van der Waals surface area (Å²) in [6.45, 7) is 7.57. The monoisotopic (exact) mass is 200 g/mol. The van der Waals surface area contributed by atoms with Crippen LogP contribution in [0.25, 0.3) is 0 Å². The summed E-state index contributed by atoms with van der Waals surface area (Å²) in [5, 5.41) is 2.22. The van der Waals surface area contributed by atoms with Gasteiger partial charge < -0.3 is 4.74 Å². The molecule has 3 heteroatoms. The van der Waals surface area contributed by atoms with Crippen molar-refractivity contribution in [3.8, 4) is 0 Å². The molecule has 14 heavy (non-hydrogen) atoms. The van der Waals surface area contributed by atoms with E-state index < -0.39 is 0 Å². The fourth-order valence-electron chi connectivity index (χ4n) is 2.08. The Morgan fingerprint density at radius 1 is 1.36 bits per heavy atom. The van der Waals surface area contributed by atoms with Gasteiger partial charge in [0.15, 0.2) is 0 Å². The van der Waals surface area contributed by atoms with Crippen molar-refractivity contribution in [3.63, 3.8) is 0 Å². The zero-order valence-electron chi connectivity index (χ0n) is 9.92. The first-order valence-electron chi connectivity index (χ1n) is 5.77. The molecular formula is C11H24N2O. The minimum Gasteiger partial charge on any atom is -0.374 e. The second-order valence-corrected chi connectivity index (χ2v) is 4.32. The Balaban J connectivity index is 2.35. The quantitative estimate of drug-likeness (QED) is 0.700. The highest BCUT2D eigenvalue weighted by Gasteiger charge is 2.28. The smallest absolute Gasteiger partial charge is 0.0719 e. The van der Waals surface area contributed by atoms with Gasteiger partial charge in [-0.3, -0.25) is 5.43 Å². The maximum Gasteiger partial charge on any atom is 0.0719 e. The molecule has 1 heterocycles. The van der Waals surface area contributed by atoms with Crippen LogP contribution in [0.1, 0.15) is 40.0 Å². The molecule has 1 saturated heterocycles. The summed E-state index contributed by atoms with van der Waals surface area (Å²) in [6, 6.07) is 0.526. The Hall–Kier alpha value is -0.120. The van der Waals surface area contributed by atoms with Crippen LogP contribution in [0, 0.1) is 0 Å². The third-order valence-electron chi connectivity index (χ3n) is 2.97. The van der Waals surface area contributed by atoms with Crippen LogP contribution in [-0.2, 0) is 4.74 Å². The highest BCUT2D eigenvalue weighted by atomic mass is 16.5. The van der Waals surface area contributed by atoms with Crippen molar-refractivity contribution in [2.45, 2.75) is 58.3 Å². The van der Waals surface area contributed by atoms with Gasteiger partial charge in [-0.25, -0.2) is 5.01 Å². The van der Waals surface area contributed by atoms with Gasteiger partial charge in [0.05, 0.1) is 18.2 Å². The highest BCUT2D eigenvalue weighted by Crippen LogP contribution is 2.21. The number of hydrazine groups is 1. The van der Waals surface area contributed by atoms with Crippen LogP contribution < -0.4 is 5.43 Å². The summed E-state index contributed by atoms with van der Waals surface area (Å²) in [6.07, 6.45) is 4.35. The van der Waals surface area contributed by atoms with Gasteiger partial charge in [-0.15, -0.1) is 0 Å². The number of hydrogen-bond donors (Lipinski definition) is 1. The lowest BCUT2D eigenvalue weighted by Gasteiger charge is -2.38. The third-order valence-corrected chi connectivity index (χ3v) is 2.97. The van der Waals surface area contributed by atoms with Gasteiger partial charge in [-0.1, -0.05) is 6.92 Å². The molecule has 0 aliphatic carbocycles. The fraction of sp³-hybridized carbons (Fsp3) is 1.00. The van der Waals surface area contributed by atoms with Gasteiger partial charge in [0, 0.05) is 13.6 Å². The molecule has 1 aliphatic heterocycles. The van der Waals surface area contributed by atoms with Gasteiger partial charge in [-0.2, -0.15) is 0 Å². The molecule has 1 rings (SSSR count). The van der Waals surface area contributed by atoms with E-state index in [1.807, 2.05) is 0 Å². The van der Waals surface area contributed by atoms with Crippen molar-refractivity contribution < 1.29 is 4.74 Å². The van der Waals surface area contributed by atoms with Gasteiger partial charge in [0.25, 0.3) is 0 Å². The predicted molar refractivity (Wildman–Crippen MR) is 59.1 cm³/mol. The van der Waals surface area contributed by atoms with Crippen molar-refractivity contribution in [1.29, 1.82) is 0 Å². The first-order valence-corrected chi connectivity index (χ1v) is 5.77. The van der Waals surface area contributed by atoms with E-state index in [9.17, 15) is 0 Å². The zero-order valence-corrected chi connectivity index (χ0v) is 9.92. The molecule has 0 bridgehead atoms. The molecule has 0 aromatic carbocycles. The van der Waals surface area contributed by atoms with E-state index in [2.05, 4.69) is 38.3 Å². The van der Waals surface area contributed by atoms with Crippen LogP contribution in [0.15, 0.2) is 0 Å². The number of nitrogens with one attached hydrogen (secondary N) is 1. The maximum atomic E-state index is 5.82. The van der Waals surface area contributed by atoms with E-state index >= 15 is 0 Å². The summed E-state index contributed by atoms with van der Waals surface area (Å²) in [5.41, 5.74) is 3.40. The van der Waals surface area contributed by atoms with Crippen LogP contribution in [0.5, 0.6) is 0 Å². The van der Waals surface area contributed by atoms with E-state index in [0.717, 1.165) is 6.54 Å². The molecule has 0 aromatic heterocycles. The lowest BCUT2D eigenvalue weighted by Crippen LogP contribution is -2.51. The topological polar surface area (TPSA) is 24.5 Å². The molecule has 0 aromatic rings. The van der Waals surface area contributed by atoms with Crippen molar-refractivity contribution in [2.75, 3.05) is 13.6 Å². The Labute approximate surface area is 87.8 Å². The number of likely N-dealkylation sites (N-methyl/N-ethyl adjacent to an activating group) is 1. The van der Waals surface area contributed by atoms with Crippen LogP contribution in [-0.4, -0.2) is 36.9 Å². The summed E-state index contributed by atoms with van der Waals surface area (Å²) >= 11 is 0. The van der Waals surface area contributed by atoms with Gasteiger partial charge in [0.2, 0.25) is 0 Å². The Bertz CT molecular complexity index is 163. The van der Waals surface area contributed by atoms with Gasteiger partial charge >= 0.3 is 0 Å². The second kappa shape index (κ2) is 5.69. The Morgan fingerprint density at radius 3 is 2.64 bits per heavy atom. The van der Waals surface area contributed by atoms with Crippen LogP contribution in [0.4, 0.5) is 0 Å². The zero-order chi connectivity index (χ0) is 10.6. The summed E-state index contributed by atoms with van der Waals surface area (Å²) < 4.78 is 5.82. The maximum absolute atomic E-state index is 5.82. The molecule has 3 atom stereocenters. The average Bonchev–Trinajstić information content (AvgIpc) is 2.14. The highest BCUT2D eigenvalue weighted by molar-refractivity contribution is 4.79. The van der Waals surface area contributed by atoms with Crippen molar-refractivity contribution in [2.24, 2.45) is 0 Å². The van der Waals surface area contributed by atoms with E-state index in [1.54, 1.807) is 0 Å². The molecular weight excluding hydrogens is 176 g/mol. The second-order valence-electron chi connectivity index (χ2n) is 4.32. The SMILES string of the molecule is CCCNN(C)[C@H]1CC[C@H](C)O[C@@H]1C. The number of nitrogens with zero attached hydrogens (tertiary/aromatic N) is 1. The van der Waals surface area contributed by atoms with Crippen LogP contribution >= 0.6 is 0 Å². The Morgan fingerprint density at radius 2 is 2.07 bits per heavy atom. The summed E-state index contributed by atoms with van der Waals surface area (Å²) in [4.78, 5) is 0. The minimum atomic E-state index is 0.341. The average molecular weight is 200 g/mol. The normalized spacial score (nSPS) is 33.6. The van der Waals surface area contributed by atoms with E-state index in [0.29, 0.717) is 18.2 Å². The van der Waals surface area contributed by atoms with E-state index in [-0.39, 0.29) is 0 Å². The largest absolute Gasteiger partial charge is 0.374 e. The van der Waals surface area contributed by atoms with Crippen LogP contribution in [0.2, 0.25) is 0 Å². The Kier molecular flexibility index (Phi) is 4.85. The van der Waals surface area contributed by atoms with Crippen LogP contribution in [0.3, 0.4) is 0 Å². The molecule has 0 amide bonds. The lowest BCUT2D eigenvalue weighted by atomic mass is 10.00. The molecule has 0 unspecified atom stereocenters. The molecule has 1 fully saturated rings. The van der Waals surface area contributed by atoms with Gasteiger partial charge in [-0.05, 0) is 33.1 Å². The molecule has 3 nitrogen and oxygen atoms in total. The fourth-order valence-corrected chi connectivity index (χ4v) is 2.08. The standard InChI is InChI=1S/C11H24N2O/c1-5-8-12-13(4)11-7-6-9(2)14-10(11)3/h9-12H,5-8H2,1-4H3/t9-,10+,11-/m0/s1. The first kappa shape index (κ1) is 12.0. The summed E-state index contributed by atoms with van der Waals surface area (Å²) in [5.74, 6) is 0. The number of hydrogen-bond acceptors (Lipinski definition) is 3. The third kappa shape index (κ3) is 3.23. The molecule has 0 saturated carbocycles. The molecule has 1 N–H and O–H groups in total. The molecule has 84 valence electrons. The van der Waals surface area contributed by atoms with Crippen molar-refractivity contribution >= 4 is 0 Å². The van der Waals surface area contributed by atoms with Gasteiger partial charge in [0.1, 0.15) is 0 Å². The molecule has 0 radical (unpaired) electrons. The predicted octanol–water partition coefficient (Wildman–Crippen LogP) is 1.79. The number of ether oxygens (including phenoxy) is 1. The molecule has 1 aliphatic rings. The minimum absolute atomic E-state index is 0.341. The lowest BCUT2D eigenvalue weighted by molar-refractivity contribution is -0.0869. The summed E-state index contributed by atoms with van der Waals surface area (Å²) in [7, 11) is 2.12. The van der Waals surface area contributed by atoms with Crippen molar-refractivity contribution in [3.05, 3.63) is 0 Å².